The second-order valence-corrected chi connectivity index (χ2v) is 9.55. The number of rotatable bonds is 5. The van der Waals surface area contributed by atoms with Gasteiger partial charge >= 0.3 is 0 Å². The third-order valence-corrected chi connectivity index (χ3v) is 7.02. The summed E-state index contributed by atoms with van der Waals surface area (Å²) >= 11 is 7.49. The molecule has 0 bridgehead atoms. The highest BCUT2D eigenvalue weighted by Crippen LogP contribution is 2.26. The Morgan fingerprint density at radius 3 is 2.68 bits per heavy atom. The van der Waals surface area contributed by atoms with Gasteiger partial charge in [0.1, 0.15) is 6.04 Å². The third-order valence-electron chi connectivity index (χ3n) is 5.75. The van der Waals surface area contributed by atoms with E-state index in [1.807, 2.05) is 48.0 Å². The summed E-state index contributed by atoms with van der Waals surface area (Å²) in [4.78, 5) is 32.2. The van der Waals surface area contributed by atoms with Crippen molar-refractivity contribution in [1.29, 1.82) is 0 Å². The maximum Gasteiger partial charge on any atom is 0.255 e. The number of anilines is 1. The number of hydrogen-bond acceptors (Lipinski definition) is 5. The number of carbonyl (C=O) groups is 2. The lowest BCUT2D eigenvalue weighted by Gasteiger charge is -2.23. The van der Waals surface area contributed by atoms with Crippen LogP contribution < -0.4 is 5.32 Å². The van der Waals surface area contributed by atoms with Gasteiger partial charge in [0.2, 0.25) is 5.91 Å². The van der Waals surface area contributed by atoms with Gasteiger partial charge in [-0.2, -0.15) is 5.10 Å². The average molecular weight is 492 g/mol. The van der Waals surface area contributed by atoms with Gasteiger partial charge in [0.05, 0.1) is 30.0 Å². The molecule has 1 aliphatic rings. The number of benzene rings is 2. The van der Waals surface area contributed by atoms with Crippen LogP contribution in [0.3, 0.4) is 0 Å². The Morgan fingerprint density at radius 1 is 1.15 bits per heavy atom. The molecule has 172 valence electrons. The molecule has 0 saturated carbocycles. The van der Waals surface area contributed by atoms with E-state index in [0.29, 0.717) is 34.4 Å². The number of pyridine rings is 1. The fourth-order valence-electron chi connectivity index (χ4n) is 3.99. The predicted molar refractivity (Wildman–Crippen MR) is 135 cm³/mol. The molecular weight excluding hydrogens is 470 g/mol. The average Bonchev–Trinajstić information content (AvgIpc) is 3.45. The molecule has 2 aromatic heterocycles. The maximum absolute atomic E-state index is 13.1. The molecule has 1 fully saturated rings. The summed E-state index contributed by atoms with van der Waals surface area (Å²) in [5.74, 6) is 0.577. The van der Waals surface area contributed by atoms with E-state index in [4.69, 9.17) is 11.6 Å². The van der Waals surface area contributed by atoms with Crippen molar-refractivity contribution in [2.24, 2.45) is 0 Å². The number of nitrogens with one attached hydrogen (secondary N) is 1. The van der Waals surface area contributed by atoms with Crippen LogP contribution >= 0.6 is 23.4 Å². The van der Waals surface area contributed by atoms with E-state index in [1.54, 1.807) is 47.1 Å². The van der Waals surface area contributed by atoms with E-state index in [0.717, 1.165) is 22.3 Å². The van der Waals surface area contributed by atoms with Crippen molar-refractivity contribution in [3.8, 4) is 0 Å². The number of hydrogen-bond donors (Lipinski definition) is 1. The van der Waals surface area contributed by atoms with Crippen molar-refractivity contribution >= 4 is 51.9 Å². The van der Waals surface area contributed by atoms with E-state index in [1.165, 1.54) is 0 Å². The SMILES string of the molecule is Cc1nn(Cc2ccccc2)c2ncc(NC(=O)C3CSCN3C(=O)c3ccc(Cl)cc3)cc12. The third kappa shape index (κ3) is 4.51. The molecule has 7 nitrogen and oxygen atoms in total. The van der Waals surface area contributed by atoms with Gasteiger partial charge in [0, 0.05) is 21.7 Å². The van der Waals surface area contributed by atoms with Crippen LogP contribution in [-0.2, 0) is 11.3 Å². The molecular formula is C25H22ClN5O2S. The van der Waals surface area contributed by atoms with Crippen molar-refractivity contribution in [2.75, 3.05) is 16.9 Å². The van der Waals surface area contributed by atoms with Crippen LogP contribution in [0.2, 0.25) is 5.02 Å². The number of amides is 2. The van der Waals surface area contributed by atoms with E-state index in [2.05, 4.69) is 15.4 Å². The molecule has 1 N–H and O–H groups in total. The molecule has 2 aromatic carbocycles. The first-order chi connectivity index (χ1) is 16.5. The quantitative estimate of drug-likeness (QED) is 0.441. The largest absolute Gasteiger partial charge is 0.323 e. The highest BCUT2D eigenvalue weighted by molar-refractivity contribution is 7.99. The van der Waals surface area contributed by atoms with E-state index < -0.39 is 6.04 Å². The second kappa shape index (κ2) is 9.48. The molecule has 3 heterocycles. The van der Waals surface area contributed by atoms with E-state index in [9.17, 15) is 9.59 Å². The van der Waals surface area contributed by atoms with E-state index >= 15 is 0 Å². The maximum atomic E-state index is 13.1. The Labute approximate surface area is 206 Å². The lowest BCUT2D eigenvalue weighted by atomic mass is 10.1. The van der Waals surface area contributed by atoms with Crippen molar-refractivity contribution < 1.29 is 9.59 Å². The summed E-state index contributed by atoms with van der Waals surface area (Å²) in [6.45, 7) is 2.54. The monoisotopic (exact) mass is 491 g/mol. The van der Waals surface area contributed by atoms with Crippen LogP contribution in [0.1, 0.15) is 21.6 Å². The van der Waals surface area contributed by atoms with Gasteiger partial charge in [-0.3, -0.25) is 9.59 Å². The predicted octanol–water partition coefficient (Wildman–Crippen LogP) is 4.60. The standard InChI is InChI=1S/C25H22ClN5O2S/c1-16-21-11-20(12-27-23(21)31(29-16)13-17-5-3-2-4-6-17)28-24(32)22-14-34-15-30(22)25(33)18-7-9-19(26)10-8-18/h2-12,22H,13-15H2,1H3,(H,28,32). The number of nitrogens with zero attached hydrogens (tertiary/aromatic N) is 4. The smallest absolute Gasteiger partial charge is 0.255 e. The Hall–Kier alpha value is -3.36. The minimum absolute atomic E-state index is 0.187. The number of fused-ring (bicyclic) bond motifs is 1. The molecule has 1 unspecified atom stereocenters. The van der Waals surface area contributed by atoms with Gasteiger partial charge in [-0.25, -0.2) is 9.67 Å². The first-order valence-electron chi connectivity index (χ1n) is 10.8. The Balaban J connectivity index is 1.33. The van der Waals surface area contributed by atoms with Gasteiger partial charge in [0.25, 0.3) is 5.91 Å². The summed E-state index contributed by atoms with van der Waals surface area (Å²) in [5, 5.41) is 9.01. The molecule has 1 aliphatic heterocycles. The number of aromatic nitrogens is 3. The zero-order valence-electron chi connectivity index (χ0n) is 18.4. The van der Waals surface area contributed by atoms with Crippen molar-refractivity contribution in [1.82, 2.24) is 19.7 Å². The highest BCUT2D eigenvalue weighted by atomic mass is 35.5. The number of aryl methyl sites for hydroxylation is 1. The van der Waals surface area contributed by atoms with Crippen LogP contribution in [0.15, 0.2) is 66.9 Å². The highest BCUT2D eigenvalue weighted by Gasteiger charge is 2.35. The number of halogens is 1. The first kappa shape index (κ1) is 22.4. The lowest BCUT2D eigenvalue weighted by molar-refractivity contribution is -0.119. The van der Waals surface area contributed by atoms with Crippen molar-refractivity contribution in [3.63, 3.8) is 0 Å². The minimum atomic E-state index is -0.564. The van der Waals surface area contributed by atoms with Gasteiger partial charge in [-0.15, -0.1) is 11.8 Å². The van der Waals surface area contributed by atoms with Gasteiger partial charge in [-0.1, -0.05) is 41.9 Å². The lowest BCUT2D eigenvalue weighted by Crippen LogP contribution is -2.44. The fraction of sp³-hybridized carbons (Fsp3) is 0.200. The summed E-state index contributed by atoms with van der Waals surface area (Å²) in [7, 11) is 0. The minimum Gasteiger partial charge on any atom is -0.323 e. The van der Waals surface area contributed by atoms with Crippen molar-refractivity contribution in [2.45, 2.75) is 19.5 Å². The normalized spacial score (nSPS) is 15.6. The van der Waals surface area contributed by atoms with Crippen molar-refractivity contribution in [3.05, 3.63) is 88.7 Å². The fourth-order valence-corrected chi connectivity index (χ4v) is 5.27. The Bertz CT molecular complexity index is 1360. The Kier molecular flexibility index (Phi) is 6.26. The molecule has 0 aliphatic carbocycles. The summed E-state index contributed by atoms with van der Waals surface area (Å²) in [5.41, 5.74) is 3.82. The number of thioether (sulfide) groups is 1. The molecule has 0 radical (unpaired) electrons. The molecule has 2 amide bonds. The Morgan fingerprint density at radius 2 is 1.91 bits per heavy atom. The first-order valence-corrected chi connectivity index (χ1v) is 12.3. The molecule has 9 heteroatoms. The zero-order valence-corrected chi connectivity index (χ0v) is 20.0. The molecule has 4 aromatic rings. The van der Waals surface area contributed by atoms with Crippen LogP contribution in [0.25, 0.3) is 11.0 Å². The van der Waals surface area contributed by atoms with Crippen LogP contribution in [0.4, 0.5) is 5.69 Å². The van der Waals surface area contributed by atoms with Crippen LogP contribution in [0.5, 0.6) is 0 Å². The summed E-state index contributed by atoms with van der Waals surface area (Å²) in [6, 6.07) is 18.1. The molecule has 1 saturated heterocycles. The molecule has 34 heavy (non-hydrogen) atoms. The summed E-state index contributed by atoms with van der Waals surface area (Å²) < 4.78 is 1.87. The van der Waals surface area contributed by atoms with E-state index in [-0.39, 0.29) is 11.8 Å². The van der Waals surface area contributed by atoms with Gasteiger partial charge < -0.3 is 10.2 Å². The van der Waals surface area contributed by atoms with Gasteiger partial charge in [-0.05, 0) is 42.8 Å². The van der Waals surface area contributed by atoms with Crippen LogP contribution in [-0.4, -0.2) is 49.2 Å². The second-order valence-electron chi connectivity index (χ2n) is 8.11. The zero-order chi connectivity index (χ0) is 23.7. The molecule has 5 rings (SSSR count). The molecule has 1 atom stereocenters. The summed E-state index contributed by atoms with van der Waals surface area (Å²) in [6.07, 6.45) is 1.64. The molecule has 0 spiro atoms. The van der Waals surface area contributed by atoms with Gasteiger partial charge in [0.15, 0.2) is 5.65 Å². The topological polar surface area (TPSA) is 80.1 Å². The van der Waals surface area contributed by atoms with Crippen LogP contribution in [0, 0.1) is 6.92 Å². The number of carbonyl (C=O) groups excluding carboxylic acids is 2.